The first-order valence-electron chi connectivity index (χ1n) is 5.61. The van der Waals surface area contributed by atoms with Crippen LogP contribution in [0.15, 0.2) is 0 Å². The zero-order valence-corrected chi connectivity index (χ0v) is 11.7. The lowest BCUT2D eigenvalue weighted by molar-refractivity contribution is -0.121. The smallest absolute Gasteiger partial charge is 0.318 e. The van der Waals surface area contributed by atoms with Gasteiger partial charge in [0, 0.05) is 10.9 Å². The topological polar surface area (TPSA) is 97.1 Å². The van der Waals surface area contributed by atoms with Crippen LogP contribution in [0.4, 0.5) is 4.79 Å². The van der Waals surface area contributed by atoms with Crippen LogP contribution in [0.3, 0.4) is 0 Å². The number of hydrogen-bond donors (Lipinski definition) is 3. The number of primary amides is 1. The molecule has 3 amide bonds. The van der Waals surface area contributed by atoms with Crippen molar-refractivity contribution in [3.05, 3.63) is 15.6 Å². The summed E-state index contributed by atoms with van der Waals surface area (Å²) in [4.78, 5) is 27.5. The van der Waals surface area contributed by atoms with Crippen LogP contribution in [-0.4, -0.2) is 23.0 Å². The highest BCUT2D eigenvalue weighted by atomic mass is 32.1. The van der Waals surface area contributed by atoms with Gasteiger partial charge in [-0.1, -0.05) is 0 Å². The number of rotatable bonds is 4. The van der Waals surface area contributed by atoms with Gasteiger partial charge in [-0.15, -0.1) is 11.3 Å². The van der Waals surface area contributed by atoms with Crippen LogP contribution in [0.5, 0.6) is 0 Å². The third-order valence-corrected chi connectivity index (χ3v) is 3.73. The van der Waals surface area contributed by atoms with Crippen molar-refractivity contribution in [2.75, 3.05) is 0 Å². The molecule has 0 aliphatic rings. The van der Waals surface area contributed by atoms with E-state index in [1.54, 1.807) is 18.3 Å². The standard InChI is InChI=1S/C11H18N4O2S/c1-5(9-6(2)14-8(4)18-9)13-7(3)10(16)15-11(12)17/h5,7,13H,1-4H3,(H3,12,15,16,17). The van der Waals surface area contributed by atoms with Crippen LogP contribution in [-0.2, 0) is 4.79 Å². The molecule has 18 heavy (non-hydrogen) atoms. The summed E-state index contributed by atoms with van der Waals surface area (Å²) in [5.41, 5.74) is 5.85. The van der Waals surface area contributed by atoms with E-state index in [9.17, 15) is 9.59 Å². The highest BCUT2D eigenvalue weighted by molar-refractivity contribution is 7.11. The number of imide groups is 1. The number of thiazole rings is 1. The van der Waals surface area contributed by atoms with Gasteiger partial charge in [0.15, 0.2) is 0 Å². The third kappa shape index (κ3) is 3.78. The van der Waals surface area contributed by atoms with E-state index in [1.807, 2.05) is 26.1 Å². The summed E-state index contributed by atoms with van der Waals surface area (Å²) in [5.74, 6) is -0.437. The minimum atomic E-state index is -0.842. The van der Waals surface area contributed by atoms with E-state index in [0.717, 1.165) is 15.6 Å². The number of nitrogens with zero attached hydrogens (tertiary/aromatic N) is 1. The molecule has 0 radical (unpaired) electrons. The lowest BCUT2D eigenvalue weighted by Gasteiger charge is -2.18. The van der Waals surface area contributed by atoms with Crippen molar-refractivity contribution >= 4 is 23.3 Å². The average molecular weight is 270 g/mol. The Morgan fingerprint density at radius 3 is 2.39 bits per heavy atom. The molecule has 2 atom stereocenters. The van der Waals surface area contributed by atoms with Crippen LogP contribution in [0.25, 0.3) is 0 Å². The van der Waals surface area contributed by atoms with E-state index in [2.05, 4.69) is 10.3 Å². The fraction of sp³-hybridized carbons (Fsp3) is 0.545. The molecule has 0 saturated carbocycles. The summed E-state index contributed by atoms with van der Waals surface area (Å²) in [6, 6.07) is -1.36. The Morgan fingerprint density at radius 2 is 1.94 bits per heavy atom. The van der Waals surface area contributed by atoms with Gasteiger partial charge in [0.25, 0.3) is 0 Å². The molecule has 100 valence electrons. The van der Waals surface area contributed by atoms with Gasteiger partial charge in [0.05, 0.1) is 16.7 Å². The summed E-state index contributed by atoms with van der Waals surface area (Å²) in [6.07, 6.45) is 0. The minimum Gasteiger partial charge on any atom is -0.351 e. The lowest BCUT2D eigenvalue weighted by Crippen LogP contribution is -2.47. The fourth-order valence-electron chi connectivity index (χ4n) is 1.70. The van der Waals surface area contributed by atoms with Gasteiger partial charge in [-0.2, -0.15) is 0 Å². The molecule has 4 N–H and O–H groups in total. The van der Waals surface area contributed by atoms with Gasteiger partial charge in [-0.25, -0.2) is 9.78 Å². The monoisotopic (exact) mass is 270 g/mol. The second-order valence-corrected chi connectivity index (χ2v) is 5.38. The van der Waals surface area contributed by atoms with Crippen LogP contribution in [0, 0.1) is 13.8 Å². The molecular formula is C11H18N4O2S. The zero-order valence-electron chi connectivity index (χ0n) is 10.9. The van der Waals surface area contributed by atoms with Gasteiger partial charge in [-0.3, -0.25) is 15.4 Å². The van der Waals surface area contributed by atoms with Crippen molar-refractivity contribution in [2.24, 2.45) is 5.73 Å². The average Bonchev–Trinajstić information content (AvgIpc) is 2.56. The predicted molar refractivity (Wildman–Crippen MR) is 70.3 cm³/mol. The normalized spacial score (nSPS) is 14.0. The molecule has 1 rings (SSSR count). The first-order chi connectivity index (χ1) is 8.31. The number of nitrogens with one attached hydrogen (secondary N) is 2. The van der Waals surface area contributed by atoms with Gasteiger partial charge in [0.2, 0.25) is 5.91 Å². The van der Waals surface area contributed by atoms with E-state index in [1.165, 1.54) is 0 Å². The summed E-state index contributed by atoms with van der Waals surface area (Å²) < 4.78 is 0. The number of nitrogens with two attached hydrogens (primary N) is 1. The number of aryl methyl sites for hydroxylation is 2. The Kier molecular flexibility index (Phi) is 4.80. The van der Waals surface area contributed by atoms with E-state index in [4.69, 9.17) is 5.73 Å². The number of amides is 3. The molecule has 0 spiro atoms. The molecule has 1 aromatic heterocycles. The largest absolute Gasteiger partial charge is 0.351 e. The Labute approximate surface area is 110 Å². The number of aromatic nitrogens is 1. The Balaban J connectivity index is 2.64. The second-order valence-electron chi connectivity index (χ2n) is 4.15. The molecule has 0 bridgehead atoms. The van der Waals surface area contributed by atoms with Crippen molar-refractivity contribution in [3.8, 4) is 0 Å². The van der Waals surface area contributed by atoms with Crippen LogP contribution in [0.2, 0.25) is 0 Å². The third-order valence-electron chi connectivity index (χ3n) is 2.47. The Hall–Kier alpha value is -1.47. The SMILES string of the molecule is Cc1nc(C)c(C(C)NC(C)C(=O)NC(N)=O)s1. The molecule has 0 saturated heterocycles. The van der Waals surface area contributed by atoms with Crippen LogP contribution < -0.4 is 16.4 Å². The second kappa shape index (κ2) is 5.92. The highest BCUT2D eigenvalue weighted by Crippen LogP contribution is 2.24. The zero-order chi connectivity index (χ0) is 13.9. The van der Waals surface area contributed by atoms with Gasteiger partial charge in [-0.05, 0) is 27.7 Å². The summed E-state index contributed by atoms with van der Waals surface area (Å²) in [7, 11) is 0. The summed E-state index contributed by atoms with van der Waals surface area (Å²) >= 11 is 1.59. The maximum atomic E-state index is 11.5. The first kappa shape index (κ1) is 14.6. The van der Waals surface area contributed by atoms with Gasteiger partial charge >= 0.3 is 6.03 Å². The fourth-order valence-corrected chi connectivity index (χ4v) is 2.64. The van der Waals surface area contributed by atoms with E-state index in [0.29, 0.717) is 0 Å². The van der Waals surface area contributed by atoms with Gasteiger partial charge < -0.3 is 5.73 Å². The van der Waals surface area contributed by atoms with Gasteiger partial charge in [0.1, 0.15) is 0 Å². The van der Waals surface area contributed by atoms with Crippen LogP contribution in [0.1, 0.15) is 35.5 Å². The summed E-state index contributed by atoms with van der Waals surface area (Å²) in [5, 5.41) is 6.14. The highest BCUT2D eigenvalue weighted by Gasteiger charge is 2.19. The molecular weight excluding hydrogens is 252 g/mol. The number of hydrogen-bond acceptors (Lipinski definition) is 5. The molecule has 7 heteroatoms. The molecule has 0 aliphatic carbocycles. The molecule has 2 unspecified atom stereocenters. The number of urea groups is 1. The first-order valence-corrected chi connectivity index (χ1v) is 6.43. The number of carbonyl (C=O) groups excluding carboxylic acids is 2. The molecule has 1 heterocycles. The maximum absolute atomic E-state index is 11.5. The van der Waals surface area contributed by atoms with E-state index < -0.39 is 18.0 Å². The molecule has 0 aromatic carbocycles. The lowest BCUT2D eigenvalue weighted by atomic mass is 10.2. The van der Waals surface area contributed by atoms with Crippen molar-refractivity contribution in [1.82, 2.24) is 15.6 Å². The number of carbonyl (C=O) groups is 2. The summed E-state index contributed by atoms with van der Waals surface area (Å²) in [6.45, 7) is 7.51. The molecule has 6 nitrogen and oxygen atoms in total. The van der Waals surface area contributed by atoms with Crippen molar-refractivity contribution in [3.63, 3.8) is 0 Å². The molecule has 0 fully saturated rings. The van der Waals surface area contributed by atoms with Crippen molar-refractivity contribution < 1.29 is 9.59 Å². The maximum Gasteiger partial charge on any atom is 0.318 e. The van der Waals surface area contributed by atoms with E-state index >= 15 is 0 Å². The molecule has 0 aliphatic heterocycles. The molecule has 1 aromatic rings. The van der Waals surface area contributed by atoms with Crippen molar-refractivity contribution in [1.29, 1.82) is 0 Å². The van der Waals surface area contributed by atoms with E-state index in [-0.39, 0.29) is 6.04 Å². The van der Waals surface area contributed by atoms with Crippen LogP contribution >= 0.6 is 11.3 Å². The minimum absolute atomic E-state index is 0.00942. The predicted octanol–water partition coefficient (Wildman–Crippen LogP) is 0.994. The Bertz CT molecular complexity index is 458. The quantitative estimate of drug-likeness (QED) is 0.760. The Morgan fingerprint density at radius 1 is 1.33 bits per heavy atom. The van der Waals surface area contributed by atoms with Crippen molar-refractivity contribution in [2.45, 2.75) is 39.8 Å².